The van der Waals surface area contributed by atoms with Crippen molar-refractivity contribution in [1.29, 1.82) is 0 Å². The van der Waals surface area contributed by atoms with Gasteiger partial charge in [0, 0.05) is 32.1 Å². The predicted octanol–water partition coefficient (Wildman–Crippen LogP) is 2.92. The lowest BCUT2D eigenvalue weighted by Crippen LogP contribution is -2.33. The summed E-state index contributed by atoms with van der Waals surface area (Å²) in [6.45, 7) is 4.23. The maximum absolute atomic E-state index is 11.9. The number of benzene rings is 1. The third kappa shape index (κ3) is 6.27. The summed E-state index contributed by atoms with van der Waals surface area (Å²) in [5.41, 5.74) is 2.22. The number of carbonyl (C=O) groups is 2. The minimum absolute atomic E-state index is 0.0900. The van der Waals surface area contributed by atoms with Crippen LogP contribution in [0.25, 0.3) is 6.08 Å². The SMILES string of the molecule is Cc1ccc(/C=C/C(=O)NCCCN2CCCCCC2=O)cc1. The van der Waals surface area contributed by atoms with Crippen molar-refractivity contribution in [2.45, 2.75) is 39.0 Å². The molecule has 1 aromatic carbocycles. The number of rotatable bonds is 6. The van der Waals surface area contributed by atoms with Crippen molar-refractivity contribution >= 4 is 17.9 Å². The van der Waals surface area contributed by atoms with Crippen molar-refractivity contribution in [1.82, 2.24) is 10.2 Å². The van der Waals surface area contributed by atoms with Gasteiger partial charge in [0.25, 0.3) is 0 Å². The van der Waals surface area contributed by atoms with E-state index >= 15 is 0 Å². The maximum Gasteiger partial charge on any atom is 0.244 e. The fraction of sp³-hybridized carbons (Fsp3) is 0.474. The molecule has 4 nitrogen and oxygen atoms in total. The first kappa shape index (κ1) is 17.3. The van der Waals surface area contributed by atoms with Gasteiger partial charge in [0.1, 0.15) is 0 Å². The predicted molar refractivity (Wildman–Crippen MR) is 92.9 cm³/mol. The number of hydrogen-bond acceptors (Lipinski definition) is 2. The second kappa shape index (κ2) is 9.13. The average molecular weight is 314 g/mol. The van der Waals surface area contributed by atoms with Gasteiger partial charge >= 0.3 is 0 Å². The van der Waals surface area contributed by atoms with E-state index in [1.807, 2.05) is 42.2 Å². The van der Waals surface area contributed by atoms with Gasteiger partial charge in [-0.15, -0.1) is 0 Å². The molecule has 0 aliphatic carbocycles. The second-order valence-corrected chi connectivity index (χ2v) is 6.08. The first-order chi connectivity index (χ1) is 11.1. The van der Waals surface area contributed by atoms with Crippen molar-refractivity contribution in [2.75, 3.05) is 19.6 Å². The summed E-state index contributed by atoms with van der Waals surface area (Å²) < 4.78 is 0. The van der Waals surface area contributed by atoms with Gasteiger partial charge in [0.15, 0.2) is 0 Å². The van der Waals surface area contributed by atoms with Gasteiger partial charge in [-0.25, -0.2) is 0 Å². The lowest BCUT2D eigenvalue weighted by molar-refractivity contribution is -0.130. The molecule has 1 aromatic rings. The van der Waals surface area contributed by atoms with Crippen molar-refractivity contribution < 1.29 is 9.59 Å². The van der Waals surface area contributed by atoms with Crippen LogP contribution in [-0.2, 0) is 9.59 Å². The van der Waals surface area contributed by atoms with Gasteiger partial charge in [-0.05, 0) is 37.8 Å². The molecule has 1 aliphatic rings. The van der Waals surface area contributed by atoms with Gasteiger partial charge < -0.3 is 10.2 Å². The van der Waals surface area contributed by atoms with E-state index < -0.39 is 0 Å². The summed E-state index contributed by atoms with van der Waals surface area (Å²) in [6.07, 6.45) is 8.09. The van der Waals surface area contributed by atoms with E-state index in [1.54, 1.807) is 6.08 Å². The Hall–Kier alpha value is -2.10. The monoisotopic (exact) mass is 314 g/mol. The number of nitrogens with one attached hydrogen (secondary N) is 1. The highest BCUT2D eigenvalue weighted by molar-refractivity contribution is 5.91. The van der Waals surface area contributed by atoms with Gasteiger partial charge in [0.05, 0.1) is 0 Å². The van der Waals surface area contributed by atoms with Crippen molar-refractivity contribution in [3.05, 3.63) is 41.5 Å². The number of aryl methyl sites for hydroxylation is 1. The topological polar surface area (TPSA) is 49.4 Å². The Bertz CT molecular complexity index is 549. The van der Waals surface area contributed by atoms with Gasteiger partial charge in [0.2, 0.25) is 11.8 Å². The molecule has 0 spiro atoms. The number of nitrogens with zero attached hydrogens (tertiary/aromatic N) is 1. The van der Waals surface area contributed by atoms with Crippen LogP contribution < -0.4 is 5.32 Å². The van der Waals surface area contributed by atoms with Crippen LogP contribution in [0.1, 0.15) is 43.2 Å². The highest BCUT2D eigenvalue weighted by Crippen LogP contribution is 2.11. The minimum Gasteiger partial charge on any atom is -0.352 e. The molecule has 0 bridgehead atoms. The van der Waals surface area contributed by atoms with E-state index in [4.69, 9.17) is 0 Å². The average Bonchev–Trinajstić information content (AvgIpc) is 2.75. The van der Waals surface area contributed by atoms with E-state index in [-0.39, 0.29) is 11.8 Å². The third-order valence-electron chi connectivity index (χ3n) is 4.08. The van der Waals surface area contributed by atoms with E-state index in [1.165, 1.54) is 5.56 Å². The highest BCUT2D eigenvalue weighted by Gasteiger charge is 2.15. The summed E-state index contributed by atoms with van der Waals surface area (Å²) in [5, 5.41) is 2.87. The quantitative estimate of drug-likeness (QED) is 0.648. The Morgan fingerprint density at radius 1 is 1.22 bits per heavy atom. The summed E-state index contributed by atoms with van der Waals surface area (Å²) in [6, 6.07) is 8.03. The Balaban J connectivity index is 1.66. The molecule has 1 heterocycles. The largest absolute Gasteiger partial charge is 0.352 e. The first-order valence-electron chi connectivity index (χ1n) is 8.45. The van der Waals surface area contributed by atoms with Crippen LogP contribution >= 0.6 is 0 Å². The van der Waals surface area contributed by atoms with Crippen molar-refractivity contribution in [3.8, 4) is 0 Å². The molecule has 0 aromatic heterocycles. The molecule has 2 rings (SSSR count). The second-order valence-electron chi connectivity index (χ2n) is 6.08. The molecular formula is C19H26N2O2. The Morgan fingerprint density at radius 3 is 2.78 bits per heavy atom. The molecular weight excluding hydrogens is 288 g/mol. The summed E-state index contributed by atoms with van der Waals surface area (Å²) in [4.78, 5) is 25.6. The standard InChI is InChI=1S/C19H26N2O2/c1-16-7-9-17(10-8-16)11-12-18(22)20-13-5-15-21-14-4-2-3-6-19(21)23/h7-12H,2-6,13-15H2,1H3,(H,20,22)/b12-11+. The van der Waals surface area contributed by atoms with Crippen LogP contribution in [0.15, 0.2) is 30.3 Å². The summed E-state index contributed by atoms with van der Waals surface area (Å²) >= 11 is 0. The van der Waals surface area contributed by atoms with Gasteiger partial charge in [-0.1, -0.05) is 36.2 Å². The normalized spacial score (nSPS) is 15.7. The van der Waals surface area contributed by atoms with Crippen molar-refractivity contribution in [3.63, 3.8) is 0 Å². The Labute approximate surface area is 138 Å². The molecule has 0 saturated carbocycles. The lowest BCUT2D eigenvalue weighted by Gasteiger charge is -2.20. The zero-order chi connectivity index (χ0) is 16.5. The molecule has 0 radical (unpaired) electrons. The molecule has 1 fully saturated rings. The molecule has 124 valence electrons. The highest BCUT2D eigenvalue weighted by atomic mass is 16.2. The summed E-state index contributed by atoms with van der Waals surface area (Å²) in [7, 11) is 0. The van der Waals surface area contributed by atoms with Crippen LogP contribution in [0.3, 0.4) is 0 Å². The summed E-state index contributed by atoms with van der Waals surface area (Å²) in [5.74, 6) is 0.167. The zero-order valence-corrected chi connectivity index (χ0v) is 13.9. The van der Waals surface area contributed by atoms with Gasteiger partial charge in [-0.3, -0.25) is 9.59 Å². The van der Waals surface area contributed by atoms with Crippen molar-refractivity contribution in [2.24, 2.45) is 0 Å². The molecule has 0 atom stereocenters. The number of carbonyl (C=O) groups excluding carboxylic acids is 2. The molecule has 4 heteroatoms. The van der Waals surface area contributed by atoms with E-state index in [0.717, 1.165) is 44.3 Å². The fourth-order valence-corrected chi connectivity index (χ4v) is 2.66. The number of hydrogen-bond donors (Lipinski definition) is 1. The van der Waals surface area contributed by atoms with Crippen LogP contribution in [-0.4, -0.2) is 36.3 Å². The first-order valence-corrected chi connectivity index (χ1v) is 8.45. The third-order valence-corrected chi connectivity index (χ3v) is 4.08. The fourth-order valence-electron chi connectivity index (χ4n) is 2.66. The van der Waals surface area contributed by atoms with Crippen LogP contribution in [0.2, 0.25) is 0 Å². The lowest BCUT2D eigenvalue weighted by atomic mass is 10.1. The van der Waals surface area contributed by atoms with Crippen LogP contribution in [0.4, 0.5) is 0 Å². The van der Waals surface area contributed by atoms with Crippen LogP contribution in [0, 0.1) is 6.92 Å². The molecule has 1 saturated heterocycles. The maximum atomic E-state index is 11.9. The van der Waals surface area contributed by atoms with E-state index in [9.17, 15) is 9.59 Å². The molecule has 1 N–H and O–H groups in total. The molecule has 23 heavy (non-hydrogen) atoms. The van der Waals surface area contributed by atoms with E-state index in [2.05, 4.69) is 5.32 Å². The number of likely N-dealkylation sites (tertiary alicyclic amines) is 1. The van der Waals surface area contributed by atoms with E-state index in [0.29, 0.717) is 13.0 Å². The minimum atomic E-state index is -0.0900. The van der Waals surface area contributed by atoms with Gasteiger partial charge in [-0.2, -0.15) is 0 Å². The number of amides is 2. The zero-order valence-electron chi connectivity index (χ0n) is 13.9. The van der Waals surface area contributed by atoms with Crippen LogP contribution in [0.5, 0.6) is 0 Å². The molecule has 0 unspecified atom stereocenters. The Morgan fingerprint density at radius 2 is 2.00 bits per heavy atom. The smallest absolute Gasteiger partial charge is 0.244 e. The Kier molecular flexibility index (Phi) is 6.85. The molecule has 1 aliphatic heterocycles. The molecule has 2 amide bonds.